The van der Waals surface area contributed by atoms with Crippen LogP contribution in [0.25, 0.3) is 0 Å². The van der Waals surface area contributed by atoms with Gasteiger partial charge in [0.05, 0.1) is 12.7 Å². The van der Waals surface area contributed by atoms with Crippen LogP contribution in [0.15, 0.2) is 18.3 Å². The molecule has 1 unspecified atom stereocenters. The Labute approximate surface area is 130 Å². The molecule has 22 heavy (non-hydrogen) atoms. The quantitative estimate of drug-likeness (QED) is 0.878. The Morgan fingerprint density at radius 2 is 2.32 bits per heavy atom. The van der Waals surface area contributed by atoms with Crippen molar-refractivity contribution in [2.75, 3.05) is 39.8 Å². The highest BCUT2D eigenvalue weighted by atomic mass is 16.5. The van der Waals surface area contributed by atoms with Gasteiger partial charge in [-0.05, 0) is 37.9 Å². The van der Waals surface area contributed by atoms with Crippen LogP contribution in [0.5, 0.6) is 5.75 Å². The molecule has 1 aromatic rings. The van der Waals surface area contributed by atoms with E-state index in [0.717, 1.165) is 19.0 Å². The molecule has 1 aliphatic carbocycles. The van der Waals surface area contributed by atoms with Gasteiger partial charge < -0.3 is 19.6 Å². The van der Waals surface area contributed by atoms with Gasteiger partial charge in [0.2, 0.25) is 0 Å². The molecule has 0 radical (unpaired) electrons. The van der Waals surface area contributed by atoms with Crippen molar-refractivity contribution in [1.29, 1.82) is 0 Å². The molecule has 2 aliphatic rings. The highest BCUT2D eigenvalue weighted by molar-refractivity contribution is 5.94. The normalized spacial score (nSPS) is 22.1. The zero-order chi connectivity index (χ0) is 15.5. The molecule has 2 fully saturated rings. The van der Waals surface area contributed by atoms with Gasteiger partial charge in [-0.25, -0.2) is 4.98 Å². The Morgan fingerprint density at radius 3 is 3.05 bits per heavy atom. The van der Waals surface area contributed by atoms with Crippen molar-refractivity contribution in [3.63, 3.8) is 0 Å². The van der Waals surface area contributed by atoms with E-state index in [0.29, 0.717) is 19.7 Å². The molecule has 1 aliphatic heterocycles. The standard InChI is InChI=1S/C16H23N3O3/c1-18(9-12-4-5-12)10-13-11-19(7-8-22-13)16(21)15-14(20)3-2-6-17-15/h2-3,6,12-13,20H,4-5,7-11H2,1H3. The smallest absolute Gasteiger partial charge is 0.276 e. The fraction of sp³-hybridized carbons (Fsp3) is 0.625. The Morgan fingerprint density at radius 1 is 1.50 bits per heavy atom. The molecule has 1 N–H and O–H groups in total. The summed E-state index contributed by atoms with van der Waals surface area (Å²) < 4.78 is 5.78. The molecule has 6 nitrogen and oxygen atoms in total. The Kier molecular flexibility index (Phi) is 4.59. The van der Waals surface area contributed by atoms with E-state index in [1.54, 1.807) is 11.0 Å². The minimum atomic E-state index is -0.226. The third kappa shape index (κ3) is 3.75. The van der Waals surface area contributed by atoms with Gasteiger partial charge in [0.15, 0.2) is 5.69 Å². The maximum atomic E-state index is 12.5. The van der Waals surface area contributed by atoms with E-state index in [1.807, 2.05) is 0 Å². The van der Waals surface area contributed by atoms with Crippen LogP contribution in [0.3, 0.4) is 0 Å². The summed E-state index contributed by atoms with van der Waals surface area (Å²) in [6, 6.07) is 3.10. The van der Waals surface area contributed by atoms with E-state index < -0.39 is 0 Å². The van der Waals surface area contributed by atoms with Crippen molar-refractivity contribution in [3.05, 3.63) is 24.0 Å². The monoisotopic (exact) mass is 305 g/mol. The molecular weight excluding hydrogens is 282 g/mol. The number of hydrogen-bond acceptors (Lipinski definition) is 5. The van der Waals surface area contributed by atoms with Crippen LogP contribution in [-0.4, -0.2) is 71.7 Å². The van der Waals surface area contributed by atoms with Gasteiger partial charge in [-0.15, -0.1) is 0 Å². The molecule has 3 rings (SSSR count). The largest absolute Gasteiger partial charge is 0.505 e. The topological polar surface area (TPSA) is 65.9 Å². The van der Waals surface area contributed by atoms with Crippen LogP contribution in [0.4, 0.5) is 0 Å². The predicted octanol–water partition coefficient (Wildman–Crippen LogP) is 0.970. The second-order valence-corrected chi connectivity index (χ2v) is 6.28. The van der Waals surface area contributed by atoms with Crippen molar-refractivity contribution in [1.82, 2.24) is 14.8 Å². The number of morpholine rings is 1. The number of aromatic hydroxyl groups is 1. The van der Waals surface area contributed by atoms with Gasteiger partial charge in [-0.2, -0.15) is 0 Å². The van der Waals surface area contributed by atoms with Gasteiger partial charge in [-0.3, -0.25) is 4.79 Å². The summed E-state index contributed by atoms with van der Waals surface area (Å²) in [5, 5.41) is 9.78. The second-order valence-electron chi connectivity index (χ2n) is 6.28. The third-order valence-electron chi connectivity index (χ3n) is 4.20. The minimum absolute atomic E-state index is 0.0207. The molecule has 1 aromatic heterocycles. The van der Waals surface area contributed by atoms with E-state index in [2.05, 4.69) is 16.9 Å². The minimum Gasteiger partial charge on any atom is -0.505 e. The first-order valence-corrected chi connectivity index (χ1v) is 7.87. The number of pyridine rings is 1. The summed E-state index contributed by atoms with van der Waals surface area (Å²) >= 11 is 0. The first-order valence-electron chi connectivity index (χ1n) is 7.87. The average Bonchev–Trinajstić information content (AvgIpc) is 3.31. The number of amides is 1. The van der Waals surface area contributed by atoms with Gasteiger partial charge in [0.1, 0.15) is 5.75 Å². The van der Waals surface area contributed by atoms with E-state index in [4.69, 9.17) is 4.74 Å². The molecule has 1 saturated heterocycles. The summed E-state index contributed by atoms with van der Waals surface area (Å²) in [5.41, 5.74) is 0.120. The maximum absolute atomic E-state index is 12.5. The first kappa shape index (κ1) is 15.2. The van der Waals surface area contributed by atoms with Crippen LogP contribution < -0.4 is 0 Å². The summed E-state index contributed by atoms with van der Waals surface area (Å²) in [7, 11) is 2.10. The summed E-state index contributed by atoms with van der Waals surface area (Å²) in [4.78, 5) is 20.5. The molecule has 1 atom stereocenters. The number of aromatic nitrogens is 1. The van der Waals surface area contributed by atoms with Gasteiger partial charge in [0.25, 0.3) is 5.91 Å². The van der Waals surface area contributed by atoms with Crippen LogP contribution in [0.2, 0.25) is 0 Å². The molecule has 2 heterocycles. The molecule has 0 bridgehead atoms. The van der Waals surface area contributed by atoms with Gasteiger partial charge in [0, 0.05) is 32.4 Å². The number of ether oxygens (including phenoxy) is 1. The van der Waals surface area contributed by atoms with Crippen LogP contribution >= 0.6 is 0 Å². The highest BCUT2D eigenvalue weighted by Crippen LogP contribution is 2.29. The van der Waals surface area contributed by atoms with E-state index in [9.17, 15) is 9.90 Å². The lowest BCUT2D eigenvalue weighted by atomic mass is 10.2. The van der Waals surface area contributed by atoms with Gasteiger partial charge >= 0.3 is 0 Å². The number of nitrogens with zero attached hydrogens (tertiary/aromatic N) is 3. The zero-order valence-electron chi connectivity index (χ0n) is 12.9. The molecular formula is C16H23N3O3. The van der Waals surface area contributed by atoms with Crippen molar-refractivity contribution < 1.29 is 14.6 Å². The summed E-state index contributed by atoms with van der Waals surface area (Å²) in [6.07, 6.45) is 4.21. The van der Waals surface area contributed by atoms with Crippen molar-refractivity contribution in [3.8, 4) is 5.75 Å². The molecule has 0 spiro atoms. The first-order chi connectivity index (χ1) is 10.6. The highest BCUT2D eigenvalue weighted by Gasteiger charge is 2.29. The van der Waals surface area contributed by atoms with Crippen molar-refractivity contribution in [2.45, 2.75) is 18.9 Å². The van der Waals surface area contributed by atoms with E-state index >= 15 is 0 Å². The lowest BCUT2D eigenvalue weighted by Gasteiger charge is -2.34. The Hall–Kier alpha value is -1.66. The summed E-state index contributed by atoms with van der Waals surface area (Å²) in [6.45, 7) is 3.55. The predicted molar refractivity (Wildman–Crippen MR) is 81.8 cm³/mol. The van der Waals surface area contributed by atoms with Gasteiger partial charge in [-0.1, -0.05) is 0 Å². The second kappa shape index (κ2) is 6.62. The molecule has 1 amide bonds. The van der Waals surface area contributed by atoms with Crippen LogP contribution in [0, 0.1) is 5.92 Å². The fourth-order valence-electron chi connectivity index (χ4n) is 2.89. The molecule has 120 valence electrons. The lowest BCUT2D eigenvalue weighted by molar-refractivity contribution is -0.0336. The number of carbonyl (C=O) groups is 1. The maximum Gasteiger partial charge on any atom is 0.276 e. The molecule has 0 aromatic carbocycles. The molecule has 6 heteroatoms. The third-order valence-corrected chi connectivity index (χ3v) is 4.20. The Balaban J connectivity index is 1.57. The van der Waals surface area contributed by atoms with Crippen molar-refractivity contribution in [2.24, 2.45) is 5.92 Å². The van der Waals surface area contributed by atoms with Crippen molar-refractivity contribution >= 4 is 5.91 Å². The number of likely N-dealkylation sites (N-methyl/N-ethyl adjacent to an activating group) is 1. The number of carbonyl (C=O) groups excluding carboxylic acids is 1. The van der Waals surface area contributed by atoms with E-state index in [-0.39, 0.29) is 23.5 Å². The number of hydrogen-bond donors (Lipinski definition) is 1. The number of rotatable bonds is 5. The van der Waals surface area contributed by atoms with Crippen LogP contribution in [0.1, 0.15) is 23.3 Å². The average molecular weight is 305 g/mol. The van der Waals surface area contributed by atoms with Crippen LogP contribution in [-0.2, 0) is 4.74 Å². The van der Waals surface area contributed by atoms with E-state index in [1.165, 1.54) is 25.1 Å². The zero-order valence-corrected chi connectivity index (χ0v) is 12.9. The Bertz CT molecular complexity index is 533. The lowest BCUT2D eigenvalue weighted by Crippen LogP contribution is -2.49. The molecule has 1 saturated carbocycles. The SMILES string of the molecule is CN(CC1CC1)CC1CN(C(=O)c2ncccc2O)CCO1. The fourth-order valence-corrected chi connectivity index (χ4v) is 2.89. The summed E-state index contributed by atoms with van der Waals surface area (Å²) in [5.74, 6) is 0.550.